The molecule has 166 valence electrons. The van der Waals surface area contributed by atoms with E-state index in [9.17, 15) is 4.79 Å². The first kappa shape index (κ1) is 23.2. The number of hydrogen-bond donors (Lipinski definition) is 2. The Labute approximate surface area is 192 Å². The van der Waals surface area contributed by atoms with E-state index in [2.05, 4.69) is 37.1 Å². The van der Waals surface area contributed by atoms with Gasteiger partial charge in [0.2, 0.25) is 0 Å². The molecule has 4 rings (SSSR count). The fourth-order valence-corrected chi connectivity index (χ4v) is 3.09. The second-order valence-electron chi connectivity index (χ2n) is 8.19. The van der Waals surface area contributed by atoms with Crippen molar-refractivity contribution in [3.05, 3.63) is 71.6 Å². The van der Waals surface area contributed by atoms with Gasteiger partial charge in [-0.05, 0) is 63.1 Å². The van der Waals surface area contributed by atoms with Crippen LogP contribution in [0.2, 0.25) is 5.02 Å². The molecule has 0 spiro atoms. The lowest BCUT2D eigenvalue weighted by molar-refractivity contribution is -0.138. The van der Waals surface area contributed by atoms with Crippen LogP contribution in [0.5, 0.6) is 0 Å². The minimum atomic E-state index is -0.318. The highest BCUT2D eigenvalue weighted by Gasteiger charge is 2.09. The fraction of sp³-hybridized carbons (Fsp3) is 0.250. The molecule has 0 saturated heterocycles. The Morgan fingerprint density at radius 3 is 2.53 bits per heavy atom. The van der Waals surface area contributed by atoms with Crippen molar-refractivity contribution in [2.45, 2.75) is 39.3 Å². The van der Waals surface area contributed by atoms with Gasteiger partial charge in [0.05, 0.1) is 29.5 Å². The number of hydrogen-bond acceptors (Lipinski definition) is 6. The topological polar surface area (TPSA) is 92.8 Å². The van der Waals surface area contributed by atoms with E-state index in [4.69, 9.17) is 11.6 Å². The summed E-state index contributed by atoms with van der Waals surface area (Å²) in [5.41, 5.74) is 4.56. The van der Waals surface area contributed by atoms with E-state index < -0.39 is 0 Å². The molecule has 4 aromatic rings. The molecule has 0 amide bonds. The van der Waals surface area contributed by atoms with Gasteiger partial charge in [0.15, 0.2) is 0 Å². The number of nitrogens with one attached hydrogen (secondary N) is 2. The predicted octanol–water partition coefficient (Wildman–Crippen LogP) is 5.80. The highest BCUT2D eigenvalue weighted by molar-refractivity contribution is 6.30. The maximum atomic E-state index is 9.60. The van der Waals surface area contributed by atoms with E-state index in [1.165, 1.54) is 0 Å². The zero-order valence-electron chi connectivity index (χ0n) is 18.5. The van der Waals surface area contributed by atoms with Crippen LogP contribution in [0.3, 0.4) is 0 Å². The molecular weight excluding hydrogens is 426 g/mol. The Morgan fingerprint density at radius 1 is 1.09 bits per heavy atom. The molecule has 0 aliphatic carbocycles. The van der Waals surface area contributed by atoms with Crippen molar-refractivity contribution >= 4 is 34.9 Å². The molecule has 1 unspecified atom stereocenters. The Hall–Kier alpha value is -3.45. The number of H-pyrrole nitrogens is 1. The predicted molar refractivity (Wildman–Crippen MR) is 128 cm³/mol. The molecule has 2 heterocycles. The Morgan fingerprint density at radius 2 is 1.91 bits per heavy atom. The first-order valence-corrected chi connectivity index (χ1v) is 10.5. The number of anilines is 1. The Kier molecular flexibility index (Phi) is 7.43. The van der Waals surface area contributed by atoms with Gasteiger partial charge in [-0.1, -0.05) is 29.8 Å². The lowest BCUT2D eigenvalue weighted by Crippen LogP contribution is -2.17. The first-order valence-electron chi connectivity index (χ1n) is 10.1. The highest BCUT2D eigenvalue weighted by Crippen LogP contribution is 2.24. The summed E-state index contributed by atoms with van der Waals surface area (Å²) in [6.07, 6.45) is 5.40. The lowest BCUT2D eigenvalue weighted by atomic mass is 10.1. The second-order valence-corrected chi connectivity index (χ2v) is 8.63. The molecule has 0 fully saturated rings. The van der Waals surface area contributed by atoms with Crippen LogP contribution in [0, 0.1) is 0 Å². The third-order valence-corrected chi connectivity index (χ3v) is 4.72. The summed E-state index contributed by atoms with van der Waals surface area (Å²) < 4.78 is 4.55. The number of carbonyl (C=O) groups is 1. The number of halogens is 1. The molecular formula is C24H26ClN5O2. The smallest absolute Gasteiger partial charge is 0.293 e. The zero-order valence-corrected chi connectivity index (χ0v) is 19.2. The van der Waals surface area contributed by atoms with Crippen LogP contribution in [0.1, 0.15) is 39.3 Å². The van der Waals surface area contributed by atoms with E-state index in [0.29, 0.717) is 6.47 Å². The summed E-state index contributed by atoms with van der Waals surface area (Å²) in [6.45, 7) is 7.99. The average molecular weight is 452 g/mol. The van der Waals surface area contributed by atoms with E-state index >= 15 is 0 Å². The van der Waals surface area contributed by atoms with Crippen LogP contribution >= 0.6 is 11.6 Å². The Bertz CT molecular complexity index is 1170. The quantitative estimate of drug-likeness (QED) is 0.372. The highest BCUT2D eigenvalue weighted by atomic mass is 35.5. The number of aromatic amines is 1. The molecule has 0 aliphatic heterocycles. The van der Waals surface area contributed by atoms with Crippen molar-refractivity contribution in [1.82, 2.24) is 20.2 Å². The summed E-state index contributed by atoms with van der Waals surface area (Å²) in [7, 11) is 0. The molecule has 0 aliphatic rings. The fourth-order valence-electron chi connectivity index (χ4n) is 2.89. The van der Waals surface area contributed by atoms with Gasteiger partial charge >= 0.3 is 0 Å². The molecule has 2 aromatic carbocycles. The van der Waals surface area contributed by atoms with Gasteiger partial charge in [-0.3, -0.25) is 14.9 Å². The molecule has 0 radical (unpaired) electrons. The van der Waals surface area contributed by atoms with E-state index in [-0.39, 0.29) is 11.6 Å². The van der Waals surface area contributed by atoms with Gasteiger partial charge in [0.1, 0.15) is 11.4 Å². The molecule has 0 bridgehead atoms. The standard InChI is InChI=1S/C19H16ClN5.C5H10O2/c1-12(13-3-2-4-16(20)7-13)24-19-11-21-18-8-14(5-6-17(18)25-19)15-9-22-23-10-15;1-5(2,3)7-4-6/h2-12H,1H3,(H,22,23)(H,24,25);4H,1-3H3. The van der Waals surface area contributed by atoms with E-state index in [1.807, 2.05) is 69.4 Å². The van der Waals surface area contributed by atoms with Crippen molar-refractivity contribution in [3.8, 4) is 11.1 Å². The largest absolute Gasteiger partial charge is 0.462 e. The summed E-state index contributed by atoms with van der Waals surface area (Å²) in [6, 6.07) is 13.9. The van der Waals surface area contributed by atoms with Crippen molar-refractivity contribution in [1.29, 1.82) is 0 Å². The van der Waals surface area contributed by atoms with Crippen LogP contribution in [-0.4, -0.2) is 32.2 Å². The van der Waals surface area contributed by atoms with Crippen LogP contribution in [0.25, 0.3) is 22.2 Å². The summed E-state index contributed by atoms with van der Waals surface area (Å²) in [4.78, 5) is 18.8. The number of aromatic nitrogens is 4. The number of benzene rings is 2. The maximum Gasteiger partial charge on any atom is 0.293 e. The number of fused-ring (bicyclic) bond motifs is 1. The molecule has 32 heavy (non-hydrogen) atoms. The zero-order chi connectivity index (χ0) is 23.1. The van der Waals surface area contributed by atoms with E-state index in [1.54, 1.807) is 12.4 Å². The maximum absolute atomic E-state index is 9.60. The minimum Gasteiger partial charge on any atom is -0.462 e. The first-order chi connectivity index (χ1) is 15.2. The van der Waals surface area contributed by atoms with Crippen molar-refractivity contribution < 1.29 is 9.53 Å². The van der Waals surface area contributed by atoms with Gasteiger partial charge in [-0.2, -0.15) is 5.10 Å². The average Bonchev–Trinajstić information content (AvgIpc) is 3.28. The number of rotatable bonds is 5. The minimum absolute atomic E-state index is 0.0793. The number of ether oxygens (including phenoxy) is 1. The van der Waals surface area contributed by atoms with Crippen LogP contribution in [-0.2, 0) is 9.53 Å². The van der Waals surface area contributed by atoms with Crippen LogP contribution in [0.15, 0.2) is 61.1 Å². The van der Waals surface area contributed by atoms with Crippen LogP contribution in [0.4, 0.5) is 5.82 Å². The van der Waals surface area contributed by atoms with Gasteiger partial charge in [-0.25, -0.2) is 4.98 Å². The second kappa shape index (κ2) is 10.2. The monoisotopic (exact) mass is 451 g/mol. The summed E-state index contributed by atoms with van der Waals surface area (Å²) in [5, 5.41) is 10.9. The normalized spacial score (nSPS) is 11.9. The summed E-state index contributed by atoms with van der Waals surface area (Å²) in [5.74, 6) is 0.732. The van der Waals surface area contributed by atoms with Crippen molar-refractivity contribution in [2.75, 3.05) is 5.32 Å². The lowest BCUT2D eigenvalue weighted by Gasteiger charge is -2.15. The molecule has 0 saturated carbocycles. The molecule has 1 atom stereocenters. The van der Waals surface area contributed by atoms with Gasteiger partial charge in [0, 0.05) is 16.8 Å². The van der Waals surface area contributed by atoms with E-state index in [0.717, 1.165) is 38.6 Å². The molecule has 2 N–H and O–H groups in total. The summed E-state index contributed by atoms with van der Waals surface area (Å²) >= 11 is 6.06. The third kappa shape index (κ3) is 6.52. The molecule has 2 aromatic heterocycles. The van der Waals surface area contributed by atoms with Gasteiger partial charge in [-0.15, -0.1) is 0 Å². The molecule has 7 nitrogen and oxygen atoms in total. The number of nitrogens with zero attached hydrogens (tertiary/aromatic N) is 3. The Balaban J connectivity index is 0.000000360. The SMILES string of the molecule is CC(C)(C)OC=O.CC(Nc1cnc2cc(-c3cn[nH]c3)ccc2n1)c1cccc(Cl)c1. The third-order valence-electron chi connectivity index (χ3n) is 4.49. The number of carbonyl (C=O) groups excluding carboxylic acids is 1. The van der Waals surface area contributed by atoms with Crippen LogP contribution < -0.4 is 5.32 Å². The van der Waals surface area contributed by atoms with Crippen molar-refractivity contribution in [2.24, 2.45) is 0 Å². The van der Waals surface area contributed by atoms with Gasteiger partial charge < -0.3 is 10.1 Å². The van der Waals surface area contributed by atoms with Crippen molar-refractivity contribution in [3.63, 3.8) is 0 Å². The molecule has 8 heteroatoms. The van der Waals surface area contributed by atoms with Gasteiger partial charge in [0.25, 0.3) is 6.47 Å².